The quantitative estimate of drug-likeness (QED) is 0.521. The van der Waals surface area contributed by atoms with Crippen LogP contribution in [0.25, 0.3) is 0 Å². The molecular weight excluding hydrogens is 413 g/mol. The molecule has 0 bridgehead atoms. The number of halogens is 1. The molecule has 0 aliphatic carbocycles. The first-order chi connectivity index (χ1) is 15.6. The number of hydrogen-bond acceptors (Lipinski definition) is 5. The highest BCUT2D eigenvalue weighted by atomic mass is 19.1. The summed E-state index contributed by atoms with van der Waals surface area (Å²) in [6.07, 6.45) is 0.609. The minimum atomic E-state index is -0.380. The molecule has 3 aromatic rings. The Morgan fingerprint density at radius 1 is 0.906 bits per heavy atom. The van der Waals surface area contributed by atoms with Gasteiger partial charge in [0.05, 0.1) is 14.2 Å². The summed E-state index contributed by atoms with van der Waals surface area (Å²) in [5, 5.41) is 0. The van der Waals surface area contributed by atoms with Gasteiger partial charge in [-0.3, -0.25) is 4.79 Å². The molecule has 1 aliphatic rings. The number of carbonyl (C=O) groups is 1. The maximum Gasteiger partial charge on any atom is 0.254 e. The number of ether oxygens (including phenoxy) is 4. The second-order valence-corrected chi connectivity index (χ2v) is 7.36. The van der Waals surface area contributed by atoms with Crippen LogP contribution in [0.15, 0.2) is 60.7 Å². The molecule has 3 aromatic carbocycles. The minimum absolute atomic E-state index is 0.178. The molecule has 6 nitrogen and oxygen atoms in total. The standard InChI is InChI=1S/C25H24FNO5/c1-29-21-9-3-17(13-23(21)30-2)11-12-27(25(28)19-5-7-20(26)8-6-19)15-18-4-10-22-24(14-18)32-16-31-22/h3-10,13-14H,11-12,15-16H2,1-2H3. The van der Waals surface area contributed by atoms with E-state index in [2.05, 4.69) is 0 Å². The van der Waals surface area contributed by atoms with E-state index in [1.807, 2.05) is 36.4 Å². The molecule has 7 heteroatoms. The summed E-state index contributed by atoms with van der Waals surface area (Å²) in [5.74, 6) is 2.08. The SMILES string of the molecule is COc1ccc(CCN(Cc2ccc3c(c2)OCO3)C(=O)c2ccc(F)cc2)cc1OC. The van der Waals surface area contributed by atoms with Crippen LogP contribution >= 0.6 is 0 Å². The van der Waals surface area contributed by atoms with E-state index in [0.717, 1.165) is 11.1 Å². The topological polar surface area (TPSA) is 57.2 Å². The van der Waals surface area contributed by atoms with Crippen molar-refractivity contribution in [1.82, 2.24) is 4.90 Å². The summed E-state index contributed by atoms with van der Waals surface area (Å²) in [7, 11) is 3.18. The number of nitrogens with zero attached hydrogens (tertiary/aromatic N) is 1. The Morgan fingerprint density at radius 3 is 2.38 bits per heavy atom. The number of rotatable bonds is 8. The van der Waals surface area contributed by atoms with Crippen molar-refractivity contribution in [3.05, 3.63) is 83.2 Å². The van der Waals surface area contributed by atoms with Crippen LogP contribution in [-0.4, -0.2) is 38.4 Å². The van der Waals surface area contributed by atoms with Crippen LogP contribution in [0.4, 0.5) is 4.39 Å². The van der Waals surface area contributed by atoms with Crippen LogP contribution in [0.2, 0.25) is 0 Å². The first-order valence-corrected chi connectivity index (χ1v) is 10.2. The first kappa shape index (κ1) is 21.5. The first-order valence-electron chi connectivity index (χ1n) is 10.2. The Balaban J connectivity index is 1.55. The Kier molecular flexibility index (Phi) is 6.44. The van der Waals surface area contributed by atoms with E-state index in [4.69, 9.17) is 18.9 Å². The molecule has 0 unspecified atom stereocenters. The van der Waals surface area contributed by atoms with Crippen molar-refractivity contribution >= 4 is 5.91 Å². The normalized spacial score (nSPS) is 11.8. The number of hydrogen-bond donors (Lipinski definition) is 0. The Hall–Kier alpha value is -3.74. The maximum atomic E-state index is 13.4. The molecular formula is C25H24FNO5. The summed E-state index contributed by atoms with van der Waals surface area (Å²) in [5.41, 5.74) is 2.35. The van der Waals surface area contributed by atoms with E-state index in [0.29, 0.717) is 48.1 Å². The van der Waals surface area contributed by atoms with Crippen LogP contribution in [0.3, 0.4) is 0 Å². The van der Waals surface area contributed by atoms with Crippen molar-refractivity contribution in [2.45, 2.75) is 13.0 Å². The molecule has 0 fully saturated rings. The Bertz CT molecular complexity index is 1100. The molecule has 0 N–H and O–H groups in total. The average Bonchev–Trinajstić information content (AvgIpc) is 3.29. The van der Waals surface area contributed by atoms with Crippen molar-refractivity contribution in [2.75, 3.05) is 27.6 Å². The van der Waals surface area contributed by atoms with Crippen molar-refractivity contribution in [3.63, 3.8) is 0 Å². The van der Waals surface area contributed by atoms with Gasteiger partial charge in [-0.05, 0) is 66.1 Å². The predicted molar refractivity (Wildman–Crippen MR) is 117 cm³/mol. The van der Waals surface area contributed by atoms with Crippen LogP contribution in [0.5, 0.6) is 23.0 Å². The smallest absolute Gasteiger partial charge is 0.254 e. The van der Waals surface area contributed by atoms with Crippen molar-refractivity contribution in [3.8, 4) is 23.0 Å². The lowest BCUT2D eigenvalue weighted by atomic mass is 10.1. The highest BCUT2D eigenvalue weighted by molar-refractivity contribution is 5.94. The summed E-state index contributed by atoms with van der Waals surface area (Å²) >= 11 is 0. The zero-order valence-electron chi connectivity index (χ0n) is 18.0. The number of methoxy groups -OCH3 is 2. The molecule has 32 heavy (non-hydrogen) atoms. The van der Waals surface area contributed by atoms with Crippen molar-refractivity contribution in [2.24, 2.45) is 0 Å². The fraction of sp³-hybridized carbons (Fsp3) is 0.240. The number of amides is 1. The van der Waals surface area contributed by atoms with E-state index >= 15 is 0 Å². The van der Waals surface area contributed by atoms with E-state index in [1.54, 1.807) is 19.1 Å². The molecule has 166 valence electrons. The molecule has 0 radical (unpaired) electrons. The van der Waals surface area contributed by atoms with Gasteiger partial charge >= 0.3 is 0 Å². The maximum absolute atomic E-state index is 13.4. The van der Waals surface area contributed by atoms with Gasteiger partial charge in [0.2, 0.25) is 6.79 Å². The van der Waals surface area contributed by atoms with Crippen LogP contribution in [0, 0.1) is 5.82 Å². The zero-order valence-corrected chi connectivity index (χ0v) is 18.0. The van der Waals surface area contributed by atoms with Gasteiger partial charge in [-0.15, -0.1) is 0 Å². The van der Waals surface area contributed by atoms with Gasteiger partial charge in [-0.2, -0.15) is 0 Å². The van der Waals surface area contributed by atoms with Gasteiger partial charge in [0.15, 0.2) is 23.0 Å². The summed E-state index contributed by atoms with van der Waals surface area (Å²) < 4.78 is 34.9. The fourth-order valence-corrected chi connectivity index (χ4v) is 3.59. The van der Waals surface area contributed by atoms with E-state index in [9.17, 15) is 9.18 Å². The predicted octanol–water partition coefficient (Wildman–Crippen LogP) is 4.46. The molecule has 1 aliphatic heterocycles. The van der Waals surface area contributed by atoms with Gasteiger partial charge in [-0.25, -0.2) is 4.39 Å². The largest absolute Gasteiger partial charge is 0.493 e. The molecule has 0 saturated carbocycles. The molecule has 4 rings (SSSR count). The molecule has 0 saturated heterocycles. The summed E-state index contributed by atoms with van der Waals surface area (Å²) in [6, 6.07) is 16.9. The summed E-state index contributed by atoms with van der Waals surface area (Å²) in [6.45, 7) is 1.02. The monoisotopic (exact) mass is 437 g/mol. The average molecular weight is 437 g/mol. The third kappa shape index (κ3) is 4.77. The summed E-state index contributed by atoms with van der Waals surface area (Å²) in [4.78, 5) is 15.0. The van der Waals surface area contributed by atoms with Crippen LogP contribution < -0.4 is 18.9 Å². The molecule has 0 atom stereocenters. The van der Waals surface area contributed by atoms with E-state index in [-0.39, 0.29) is 18.5 Å². The fourth-order valence-electron chi connectivity index (χ4n) is 3.59. The van der Waals surface area contributed by atoms with Gasteiger partial charge in [0, 0.05) is 18.7 Å². The highest BCUT2D eigenvalue weighted by Crippen LogP contribution is 2.33. The molecule has 1 heterocycles. The Labute approximate surface area is 186 Å². The lowest BCUT2D eigenvalue weighted by molar-refractivity contribution is 0.0745. The third-order valence-corrected chi connectivity index (χ3v) is 5.31. The zero-order chi connectivity index (χ0) is 22.5. The Morgan fingerprint density at radius 2 is 1.62 bits per heavy atom. The molecule has 1 amide bonds. The van der Waals surface area contributed by atoms with Gasteiger partial charge < -0.3 is 23.8 Å². The van der Waals surface area contributed by atoms with Crippen LogP contribution in [-0.2, 0) is 13.0 Å². The number of carbonyl (C=O) groups excluding carboxylic acids is 1. The number of benzene rings is 3. The van der Waals surface area contributed by atoms with E-state index in [1.165, 1.54) is 24.3 Å². The highest BCUT2D eigenvalue weighted by Gasteiger charge is 2.19. The number of fused-ring (bicyclic) bond motifs is 1. The van der Waals surface area contributed by atoms with Gasteiger partial charge in [0.1, 0.15) is 5.82 Å². The van der Waals surface area contributed by atoms with Crippen molar-refractivity contribution < 1.29 is 28.1 Å². The minimum Gasteiger partial charge on any atom is -0.493 e. The van der Waals surface area contributed by atoms with E-state index < -0.39 is 0 Å². The second-order valence-electron chi connectivity index (χ2n) is 7.36. The lowest BCUT2D eigenvalue weighted by Gasteiger charge is -2.23. The van der Waals surface area contributed by atoms with Crippen molar-refractivity contribution in [1.29, 1.82) is 0 Å². The van der Waals surface area contributed by atoms with Crippen LogP contribution in [0.1, 0.15) is 21.5 Å². The van der Waals surface area contributed by atoms with Gasteiger partial charge in [-0.1, -0.05) is 12.1 Å². The lowest BCUT2D eigenvalue weighted by Crippen LogP contribution is -2.32. The third-order valence-electron chi connectivity index (χ3n) is 5.31. The molecule has 0 aromatic heterocycles. The van der Waals surface area contributed by atoms with Gasteiger partial charge in [0.25, 0.3) is 5.91 Å². The molecule has 0 spiro atoms. The second kappa shape index (κ2) is 9.60.